The summed E-state index contributed by atoms with van der Waals surface area (Å²) in [5.41, 5.74) is 0.591. The standard InChI is InChI=1S/C17H14Cl2N2O/c1-11-16(21-10-20-11)17(22,12-2-6-14(18)7-3-12)13-4-8-15(19)9-5-13/h2-11,22H,1H3. The molecule has 22 heavy (non-hydrogen) atoms. The number of rotatable bonds is 3. The van der Waals surface area contributed by atoms with Crippen molar-refractivity contribution in [1.29, 1.82) is 0 Å². The van der Waals surface area contributed by atoms with E-state index < -0.39 is 5.60 Å². The molecule has 2 aromatic carbocycles. The Morgan fingerprint density at radius 2 is 1.36 bits per heavy atom. The molecule has 0 spiro atoms. The fourth-order valence-electron chi connectivity index (χ4n) is 2.61. The van der Waals surface area contributed by atoms with Gasteiger partial charge in [-0.05, 0) is 42.3 Å². The minimum absolute atomic E-state index is 0.198. The van der Waals surface area contributed by atoms with Crippen LogP contribution in [0.3, 0.4) is 0 Å². The molecule has 1 aliphatic heterocycles. The molecule has 2 aromatic rings. The minimum atomic E-state index is -1.37. The molecular formula is C17H14Cl2N2O. The predicted octanol–water partition coefficient (Wildman–Crippen LogP) is 4.10. The van der Waals surface area contributed by atoms with E-state index in [1.165, 1.54) is 6.34 Å². The normalized spacial score (nSPS) is 17.6. The highest BCUT2D eigenvalue weighted by molar-refractivity contribution is 6.30. The summed E-state index contributed by atoms with van der Waals surface area (Å²) in [5, 5.41) is 12.7. The van der Waals surface area contributed by atoms with Crippen molar-refractivity contribution >= 4 is 35.3 Å². The van der Waals surface area contributed by atoms with E-state index in [4.69, 9.17) is 23.2 Å². The maximum atomic E-state index is 11.5. The summed E-state index contributed by atoms with van der Waals surface area (Å²) in [6.45, 7) is 1.90. The molecule has 0 bridgehead atoms. The van der Waals surface area contributed by atoms with E-state index in [1.807, 2.05) is 6.92 Å². The zero-order valence-corrected chi connectivity index (χ0v) is 13.4. The first kappa shape index (κ1) is 15.2. The van der Waals surface area contributed by atoms with Crippen LogP contribution in [0, 0.1) is 0 Å². The first-order valence-electron chi connectivity index (χ1n) is 6.86. The molecule has 1 unspecified atom stereocenters. The SMILES string of the molecule is CC1N=CN=C1C(O)(c1ccc(Cl)cc1)c1ccc(Cl)cc1. The third-order valence-corrected chi connectivity index (χ3v) is 4.28. The third-order valence-electron chi connectivity index (χ3n) is 3.78. The van der Waals surface area contributed by atoms with Gasteiger partial charge in [0.2, 0.25) is 0 Å². The van der Waals surface area contributed by atoms with Crippen LogP contribution in [0.5, 0.6) is 0 Å². The molecule has 3 rings (SSSR count). The van der Waals surface area contributed by atoms with E-state index in [2.05, 4.69) is 9.98 Å². The zero-order chi connectivity index (χ0) is 15.7. The largest absolute Gasteiger partial charge is 0.375 e. The van der Waals surface area contributed by atoms with Gasteiger partial charge >= 0.3 is 0 Å². The van der Waals surface area contributed by atoms with Crippen LogP contribution >= 0.6 is 23.2 Å². The van der Waals surface area contributed by atoms with Crippen LogP contribution in [-0.2, 0) is 5.60 Å². The second-order valence-electron chi connectivity index (χ2n) is 5.18. The van der Waals surface area contributed by atoms with Gasteiger partial charge in [-0.25, -0.2) is 4.99 Å². The summed E-state index contributed by atoms with van der Waals surface area (Å²) < 4.78 is 0. The molecule has 1 heterocycles. The van der Waals surface area contributed by atoms with Gasteiger partial charge in [-0.15, -0.1) is 0 Å². The van der Waals surface area contributed by atoms with Crippen molar-refractivity contribution < 1.29 is 5.11 Å². The van der Waals surface area contributed by atoms with Gasteiger partial charge in [0.05, 0.1) is 11.8 Å². The molecule has 0 aromatic heterocycles. The molecule has 1 aliphatic rings. The summed E-state index contributed by atoms with van der Waals surface area (Å²) in [5.74, 6) is 0. The molecule has 0 radical (unpaired) electrons. The van der Waals surface area contributed by atoms with Crippen LogP contribution < -0.4 is 0 Å². The van der Waals surface area contributed by atoms with Crippen LogP contribution in [0.1, 0.15) is 18.1 Å². The maximum Gasteiger partial charge on any atom is 0.155 e. The summed E-state index contributed by atoms with van der Waals surface area (Å²) in [6, 6.07) is 14.0. The topological polar surface area (TPSA) is 45.0 Å². The lowest BCUT2D eigenvalue weighted by Crippen LogP contribution is -2.41. The average Bonchev–Trinajstić information content (AvgIpc) is 2.94. The molecule has 0 fully saturated rings. The Bertz CT molecular complexity index is 691. The highest BCUT2D eigenvalue weighted by Crippen LogP contribution is 2.35. The number of aliphatic imine (C=N–C) groups is 2. The molecular weight excluding hydrogens is 319 g/mol. The quantitative estimate of drug-likeness (QED) is 0.903. The summed E-state index contributed by atoms with van der Waals surface area (Å²) in [4.78, 5) is 8.52. The molecule has 1 N–H and O–H groups in total. The molecule has 0 amide bonds. The molecule has 0 aliphatic carbocycles. The Morgan fingerprint density at radius 1 is 0.909 bits per heavy atom. The van der Waals surface area contributed by atoms with Gasteiger partial charge in [0.1, 0.15) is 6.34 Å². The Balaban J connectivity index is 2.18. The molecule has 1 atom stereocenters. The van der Waals surface area contributed by atoms with E-state index in [9.17, 15) is 5.11 Å². The van der Waals surface area contributed by atoms with Crippen molar-refractivity contribution in [2.24, 2.45) is 9.98 Å². The van der Waals surface area contributed by atoms with Crippen molar-refractivity contribution in [3.63, 3.8) is 0 Å². The number of benzene rings is 2. The molecule has 0 saturated carbocycles. The second kappa shape index (κ2) is 5.84. The van der Waals surface area contributed by atoms with Gasteiger partial charge < -0.3 is 5.11 Å². The Kier molecular flexibility index (Phi) is 4.04. The lowest BCUT2D eigenvalue weighted by Gasteiger charge is -2.31. The fraction of sp³-hybridized carbons (Fsp3) is 0.176. The third kappa shape index (κ3) is 2.56. The predicted molar refractivity (Wildman–Crippen MR) is 91.3 cm³/mol. The van der Waals surface area contributed by atoms with Crippen LogP contribution in [0.4, 0.5) is 0 Å². The summed E-state index contributed by atoms with van der Waals surface area (Å²) in [7, 11) is 0. The number of hydrogen-bond acceptors (Lipinski definition) is 3. The van der Waals surface area contributed by atoms with Gasteiger partial charge in [0.15, 0.2) is 5.60 Å². The van der Waals surface area contributed by atoms with Crippen LogP contribution in [-0.4, -0.2) is 23.2 Å². The highest BCUT2D eigenvalue weighted by atomic mass is 35.5. The first-order chi connectivity index (χ1) is 10.5. The van der Waals surface area contributed by atoms with E-state index in [1.54, 1.807) is 48.5 Å². The van der Waals surface area contributed by atoms with Gasteiger partial charge in [-0.1, -0.05) is 47.5 Å². The van der Waals surface area contributed by atoms with E-state index >= 15 is 0 Å². The molecule has 0 saturated heterocycles. The van der Waals surface area contributed by atoms with Crippen molar-refractivity contribution in [1.82, 2.24) is 0 Å². The van der Waals surface area contributed by atoms with E-state index in [-0.39, 0.29) is 6.04 Å². The van der Waals surface area contributed by atoms with E-state index in [0.29, 0.717) is 26.9 Å². The summed E-state index contributed by atoms with van der Waals surface area (Å²) in [6.07, 6.45) is 1.48. The Hall–Kier alpha value is -1.68. The van der Waals surface area contributed by atoms with Crippen molar-refractivity contribution in [3.05, 3.63) is 69.7 Å². The van der Waals surface area contributed by atoms with Crippen molar-refractivity contribution in [2.45, 2.75) is 18.6 Å². The number of aliphatic hydroxyl groups is 1. The zero-order valence-electron chi connectivity index (χ0n) is 11.9. The van der Waals surface area contributed by atoms with Gasteiger partial charge in [0, 0.05) is 10.0 Å². The molecule has 5 heteroatoms. The summed E-state index contributed by atoms with van der Waals surface area (Å²) >= 11 is 11.9. The van der Waals surface area contributed by atoms with Gasteiger partial charge in [-0.3, -0.25) is 4.99 Å². The average molecular weight is 333 g/mol. The number of halogens is 2. The van der Waals surface area contributed by atoms with Gasteiger partial charge in [0.25, 0.3) is 0 Å². The van der Waals surface area contributed by atoms with Crippen LogP contribution in [0.15, 0.2) is 58.5 Å². The van der Waals surface area contributed by atoms with Crippen LogP contribution in [0.25, 0.3) is 0 Å². The minimum Gasteiger partial charge on any atom is -0.375 e. The second-order valence-corrected chi connectivity index (χ2v) is 6.05. The number of hydrogen-bond donors (Lipinski definition) is 1. The van der Waals surface area contributed by atoms with Gasteiger partial charge in [-0.2, -0.15) is 0 Å². The van der Waals surface area contributed by atoms with Crippen molar-refractivity contribution in [3.8, 4) is 0 Å². The lowest BCUT2D eigenvalue weighted by atomic mass is 9.80. The van der Waals surface area contributed by atoms with Crippen molar-refractivity contribution in [2.75, 3.05) is 0 Å². The molecule has 112 valence electrons. The lowest BCUT2D eigenvalue weighted by molar-refractivity contribution is 0.153. The van der Waals surface area contributed by atoms with Crippen LogP contribution in [0.2, 0.25) is 10.0 Å². The smallest absolute Gasteiger partial charge is 0.155 e. The van der Waals surface area contributed by atoms with E-state index in [0.717, 1.165) is 0 Å². The Morgan fingerprint density at radius 3 is 1.73 bits per heavy atom. The first-order valence-corrected chi connectivity index (χ1v) is 7.61. The Labute approximate surface area is 138 Å². The number of nitrogens with zero attached hydrogens (tertiary/aromatic N) is 2. The molecule has 3 nitrogen and oxygen atoms in total. The monoisotopic (exact) mass is 332 g/mol. The fourth-order valence-corrected chi connectivity index (χ4v) is 2.87. The maximum absolute atomic E-state index is 11.5. The highest BCUT2D eigenvalue weighted by Gasteiger charge is 2.41.